The summed E-state index contributed by atoms with van der Waals surface area (Å²) in [6.45, 7) is 0. The van der Waals surface area contributed by atoms with Gasteiger partial charge in [-0.3, -0.25) is 4.79 Å². The average molecular weight is 407 g/mol. The van der Waals surface area contributed by atoms with Gasteiger partial charge in [0.2, 0.25) is 0 Å². The second-order valence-electron chi connectivity index (χ2n) is 7.85. The molecule has 1 heterocycles. The van der Waals surface area contributed by atoms with E-state index >= 15 is 0 Å². The molecule has 150 valence electrons. The summed E-state index contributed by atoms with van der Waals surface area (Å²) in [5, 5.41) is 17.3. The van der Waals surface area contributed by atoms with E-state index in [0.717, 1.165) is 55.7 Å². The van der Waals surface area contributed by atoms with Crippen LogP contribution in [0.3, 0.4) is 0 Å². The normalized spacial score (nSPS) is 23.1. The molecule has 1 aromatic carbocycles. The number of nitrogens with zero attached hydrogens (tertiary/aromatic N) is 1. The lowest BCUT2D eigenvalue weighted by Gasteiger charge is -2.38. The summed E-state index contributed by atoms with van der Waals surface area (Å²) < 4.78 is 0. The Morgan fingerprint density at radius 3 is 2.66 bits per heavy atom. The number of dihydropyridines is 1. The van der Waals surface area contributed by atoms with Gasteiger partial charge in [-0.2, -0.15) is 5.26 Å². The van der Waals surface area contributed by atoms with Gasteiger partial charge in [0.05, 0.1) is 22.2 Å². The summed E-state index contributed by atoms with van der Waals surface area (Å²) in [5.74, 6) is 0.251. The first-order chi connectivity index (χ1) is 14.1. The number of nitriles is 1. The maximum absolute atomic E-state index is 13.5. The van der Waals surface area contributed by atoms with Gasteiger partial charge in [0.1, 0.15) is 5.82 Å². The molecule has 1 unspecified atom stereocenters. The number of anilines is 1. The third-order valence-electron chi connectivity index (χ3n) is 6.01. The predicted octanol–water partition coefficient (Wildman–Crippen LogP) is 4.54. The second-order valence-corrected chi connectivity index (χ2v) is 9.10. The fraction of sp³-hybridized carbons (Fsp3) is 0.391. The van der Waals surface area contributed by atoms with E-state index in [1.807, 2.05) is 30.3 Å². The Balaban J connectivity index is 1.76. The van der Waals surface area contributed by atoms with E-state index in [-0.39, 0.29) is 5.91 Å². The van der Waals surface area contributed by atoms with E-state index in [0.29, 0.717) is 22.2 Å². The van der Waals surface area contributed by atoms with Gasteiger partial charge in [0, 0.05) is 16.4 Å². The van der Waals surface area contributed by atoms with E-state index in [9.17, 15) is 10.1 Å². The number of hydrogen-bond acceptors (Lipinski definition) is 5. The van der Waals surface area contributed by atoms with Gasteiger partial charge >= 0.3 is 0 Å². The zero-order chi connectivity index (χ0) is 20.3. The number of nitrogens with one attached hydrogen (secondary N) is 2. The molecular weight excluding hydrogens is 380 g/mol. The molecular formula is C23H26N4OS. The van der Waals surface area contributed by atoms with Crippen molar-refractivity contribution in [2.75, 3.05) is 5.32 Å². The number of benzene rings is 1. The molecule has 5 nitrogen and oxygen atoms in total. The van der Waals surface area contributed by atoms with Crippen LogP contribution in [0.15, 0.2) is 64.5 Å². The lowest BCUT2D eigenvalue weighted by Crippen LogP contribution is -2.41. The van der Waals surface area contributed by atoms with E-state index in [1.54, 1.807) is 11.8 Å². The highest BCUT2D eigenvalue weighted by molar-refractivity contribution is 8.03. The minimum atomic E-state index is -0.594. The Bertz CT molecular complexity index is 920. The van der Waals surface area contributed by atoms with Crippen molar-refractivity contribution in [3.63, 3.8) is 0 Å². The Morgan fingerprint density at radius 1 is 1.24 bits per heavy atom. The van der Waals surface area contributed by atoms with Crippen molar-refractivity contribution < 1.29 is 4.79 Å². The molecule has 29 heavy (non-hydrogen) atoms. The largest absolute Gasteiger partial charge is 0.384 e. The summed E-state index contributed by atoms with van der Waals surface area (Å²) in [5.41, 5.74) is 7.65. The minimum Gasteiger partial charge on any atom is -0.384 e. The highest BCUT2D eigenvalue weighted by Gasteiger charge is 2.49. The molecule has 3 aliphatic rings. The lowest BCUT2D eigenvalue weighted by atomic mass is 9.71. The molecule has 1 saturated carbocycles. The smallest absolute Gasteiger partial charge is 0.255 e. The molecule has 1 amide bonds. The Hall–Kier alpha value is -2.65. The van der Waals surface area contributed by atoms with Gasteiger partial charge in [-0.1, -0.05) is 43.2 Å². The van der Waals surface area contributed by atoms with Gasteiger partial charge in [0.15, 0.2) is 0 Å². The quantitative estimate of drug-likeness (QED) is 0.639. The van der Waals surface area contributed by atoms with Gasteiger partial charge in [-0.15, -0.1) is 11.8 Å². The number of thioether (sulfide) groups is 1. The molecule has 1 fully saturated rings. The first kappa shape index (κ1) is 19.7. The monoisotopic (exact) mass is 406 g/mol. The van der Waals surface area contributed by atoms with E-state index in [1.165, 1.54) is 0 Å². The molecule has 0 aromatic heterocycles. The van der Waals surface area contributed by atoms with Crippen molar-refractivity contribution in [2.24, 2.45) is 11.1 Å². The number of para-hydroxylation sites is 1. The zero-order valence-electron chi connectivity index (χ0n) is 16.4. The molecule has 0 saturated heterocycles. The predicted molar refractivity (Wildman–Crippen MR) is 117 cm³/mol. The van der Waals surface area contributed by atoms with Crippen LogP contribution in [0.5, 0.6) is 0 Å². The number of amides is 1. The van der Waals surface area contributed by atoms with Gasteiger partial charge in [0.25, 0.3) is 5.91 Å². The Labute approximate surface area is 176 Å². The summed E-state index contributed by atoms with van der Waals surface area (Å²) in [6.07, 6.45) is 11.3. The minimum absolute atomic E-state index is 0.145. The van der Waals surface area contributed by atoms with Crippen LogP contribution in [-0.2, 0) is 4.79 Å². The summed E-state index contributed by atoms with van der Waals surface area (Å²) in [4.78, 5) is 13.5. The maximum atomic E-state index is 13.5. The SMILES string of the molecule is N#CC1=C(N)NC(SC2C=CCCC2)=C(C(=O)Nc2ccccc2)C12CCCC2. The number of nitrogens with two attached hydrogens (primary N) is 1. The maximum Gasteiger partial charge on any atom is 0.255 e. The summed E-state index contributed by atoms with van der Waals surface area (Å²) in [6, 6.07) is 11.8. The molecule has 0 radical (unpaired) electrons. The average Bonchev–Trinajstić information content (AvgIpc) is 3.19. The van der Waals surface area contributed by atoms with E-state index in [2.05, 4.69) is 28.9 Å². The third-order valence-corrected chi connectivity index (χ3v) is 7.25. The van der Waals surface area contributed by atoms with Crippen molar-refractivity contribution in [2.45, 2.75) is 50.2 Å². The van der Waals surface area contributed by atoms with Crippen LogP contribution < -0.4 is 16.4 Å². The molecule has 4 rings (SSSR count). The topological polar surface area (TPSA) is 90.9 Å². The van der Waals surface area contributed by atoms with Crippen molar-refractivity contribution in [1.82, 2.24) is 5.32 Å². The second kappa shape index (κ2) is 8.38. The molecule has 6 heteroatoms. The number of allylic oxidation sites excluding steroid dienone is 2. The lowest BCUT2D eigenvalue weighted by molar-refractivity contribution is -0.113. The van der Waals surface area contributed by atoms with Gasteiger partial charge < -0.3 is 16.4 Å². The third kappa shape index (κ3) is 3.79. The van der Waals surface area contributed by atoms with E-state index < -0.39 is 5.41 Å². The van der Waals surface area contributed by atoms with Gasteiger partial charge in [-0.05, 0) is 44.2 Å². The summed E-state index contributed by atoms with van der Waals surface area (Å²) >= 11 is 1.66. The Morgan fingerprint density at radius 2 is 2.00 bits per heavy atom. The number of rotatable bonds is 4. The van der Waals surface area contributed by atoms with Crippen molar-refractivity contribution in [3.05, 3.63) is 64.5 Å². The van der Waals surface area contributed by atoms with Crippen LogP contribution in [0.4, 0.5) is 5.69 Å². The van der Waals surface area contributed by atoms with Crippen LogP contribution >= 0.6 is 11.8 Å². The van der Waals surface area contributed by atoms with Crippen molar-refractivity contribution in [1.29, 1.82) is 5.26 Å². The highest BCUT2D eigenvalue weighted by Crippen LogP contribution is 2.54. The van der Waals surface area contributed by atoms with Crippen LogP contribution in [-0.4, -0.2) is 11.2 Å². The summed E-state index contributed by atoms with van der Waals surface area (Å²) in [7, 11) is 0. The molecule has 4 N–H and O–H groups in total. The first-order valence-electron chi connectivity index (χ1n) is 10.3. The molecule has 0 bridgehead atoms. The fourth-order valence-electron chi connectivity index (χ4n) is 4.65. The Kier molecular flexibility index (Phi) is 5.68. The molecule has 1 spiro atoms. The molecule has 1 aromatic rings. The first-order valence-corrected chi connectivity index (χ1v) is 11.1. The van der Waals surface area contributed by atoms with Crippen LogP contribution in [0, 0.1) is 16.7 Å². The zero-order valence-corrected chi connectivity index (χ0v) is 17.2. The van der Waals surface area contributed by atoms with Crippen molar-refractivity contribution in [3.8, 4) is 6.07 Å². The van der Waals surface area contributed by atoms with E-state index in [4.69, 9.17) is 5.73 Å². The highest BCUT2D eigenvalue weighted by atomic mass is 32.2. The van der Waals surface area contributed by atoms with Crippen LogP contribution in [0.1, 0.15) is 44.9 Å². The molecule has 1 aliphatic heterocycles. The number of carbonyl (C=O) groups excluding carboxylic acids is 1. The molecule has 1 atom stereocenters. The standard InChI is InChI=1S/C23H26N4OS/c24-15-18-20(25)27-22(29-17-11-5-2-6-12-17)19(23(18)13-7-8-14-23)21(28)26-16-9-3-1-4-10-16/h1,3-5,9-11,17,27H,2,6-8,12-14,25H2,(H,26,28). The van der Waals surface area contributed by atoms with Gasteiger partial charge in [-0.25, -0.2) is 0 Å². The fourth-order valence-corrected chi connectivity index (χ4v) is 6.00. The number of hydrogen-bond donors (Lipinski definition) is 3. The van der Waals surface area contributed by atoms with Crippen LogP contribution in [0.25, 0.3) is 0 Å². The van der Waals surface area contributed by atoms with Crippen LogP contribution in [0.2, 0.25) is 0 Å². The van der Waals surface area contributed by atoms with Crippen molar-refractivity contribution >= 4 is 23.4 Å². The molecule has 2 aliphatic carbocycles. The number of carbonyl (C=O) groups is 1.